The summed E-state index contributed by atoms with van der Waals surface area (Å²) >= 11 is 1.54. The number of hydrogen-bond donors (Lipinski definition) is 1. The molecule has 1 unspecified atom stereocenters. The lowest BCUT2D eigenvalue weighted by Crippen LogP contribution is -2.37. The van der Waals surface area contributed by atoms with E-state index in [1.165, 1.54) is 0 Å². The van der Waals surface area contributed by atoms with E-state index in [-0.39, 0.29) is 12.5 Å². The van der Waals surface area contributed by atoms with Gasteiger partial charge in [-0.05, 0) is 18.2 Å². The van der Waals surface area contributed by atoms with Crippen molar-refractivity contribution < 1.29 is 19.0 Å². The third kappa shape index (κ3) is 1.54. The number of rotatable bonds is 0. The number of aromatic nitrogens is 1. The summed E-state index contributed by atoms with van der Waals surface area (Å²) in [5.41, 5.74) is 4.44. The van der Waals surface area contributed by atoms with E-state index in [1.807, 2.05) is 29.8 Å². The Labute approximate surface area is 146 Å². The lowest BCUT2D eigenvalue weighted by molar-refractivity contribution is -0.119. The van der Waals surface area contributed by atoms with Crippen molar-refractivity contribution in [2.75, 3.05) is 25.1 Å². The van der Waals surface area contributed by atoms with Crippen molar-refractivity contribution in [1.29, 1.82) is 0 Å². The molecule has 4 heterocycles. The monoisotopic (exact) mass is 352 g/mol. The van der Waals surface area contributed by atoms with Gasteiger partial charge in [0, 0.05) is 22.9 Å². The topological polar surface area (TPSA) is 69.7 Å². The number of nitrogens with one attached hydrogen (secondary N) is 1. The second kappa shape index (κ2) is 4.43. The van der Waals surface area contributed by atoms with E-state index in [2.05, 4.69) is 10.3 Å². The van der Waals surface area contributed by atoms with Crippen LogP contribution in [0.15, 0.2) is 29.8 Å². The molecule has 3 aliphatic rings. The highest BCUT2D eigenvalue weighted by molar-refractivity contribution is 7.17. The molecule has 2 aromatic carbocycles. The third-order valence-electron chi connectivity index (χ3n) is 5.11. The van der Waals surface area contributed by atoms with Gasteiger partial charge < -0.3 is 19.5 Å². The number of carbonyl (C=O) groups is 1. The number of amides is 1. The summed E-state index contributed by atoms with van der Waals surface area (Å²) in [6.45, 7) is 1.28. The summed E-state index contributed by atoms with van der Waals surface area (Å²) in [6, 6.07) is 7.58. The fourth-order valence-electron chi connectivity index (χ4n) is 3.98. The van der Waals surface area contributed by atoms with Gasteiger partial charge in [0.25, 0.3) is 0 Å². The fourth-order valence-corrected chi connectivity index (χ4v) is 4.90. The summed E-state index contributed by atoms with van der Waals surface area (Å²) in [5, 5.41) is 3.02. The van der Waals surface area contributed by atoms with E-state index in [0.717, 1.165) is 27.0 Å². The SMILES string of the molecule is O=C1Nc2ccc3ncsc3c2C12COc1cc3c(cc12)OCCO3. The highest BCUT2D eigenvalue weighted by Crippen LogP contribution is 2.55. The Balaban J connectivity index is 1.67. The Bertz CT molecular complexity index is 1080. The Morgan fingerprint density at radius 1 is 1.08 bits per heavy atom. The van der Waals surface area contributed by atoms with Crippen LogP contribution in [0.25, 0.3) is 10.2 Å². The molecule has 0 bridgehead atoms. The third-order valence-corrected chi connectivity index (χ3v) is 5.97. The van der Waals surface area contributed by atoms with E-state index in [4.69, 9.17) is 14.2 Å². The maximum Gasteiger partial charge on any atom is 0.243 e. The minimum Gasteiger partial charge on any atom is -0.491 e. The molecule has 0 saturated heterocycles. The molecule has 1 amide bonds. The largest absolute Gasteiger partial charge is 0.491 e. The zero-order valence-electron chi connectivity index (χ0n) is 13.0. The van der Waals surface area contributed by atoms with Gasteiger partial charge in [-0.15, -0.1) is 11.3 Å². The number of anilines is 1. The molecule has 25 heavy (non-hydrogen) atoms. The maximum absolute atomic E-state index is 13.1. The first-order valence-corrected chi connectivity index (χ1v) is 8.90. The Kier molecular flexibility index (Phi) is 2.39. The van der Waals surface area contributed by atoms with Crippen molar-refractivity contribution >= 4 is 33.1 Å². The van der Waals surface area contributed by atoms with Gasteiger partial charge in [-0.1, -0.05) is 0 Å². The fraction of sp³-hybridized carbons (Fsp3) is 0.222. The van der Waals surface area contributed by atoms with Crippen molar-refractivity contribution in [2.45, 2.75) is 5.41 Å². The van der Waals surface area contributed by atoms with Crippen LogP contribution in [0.2, 0.25) is 0 Å². The van der Waals surface area contributed by atoms with Crippen molar-refractivity contribution in [3.63, 3.8) is 0 Å². The van der Waals surface area contributed by atoms with Crippen molar-refractivity contribution in [1.82, 2.24) is 4.98 Å². The van der Waals surface area contributed by atoms with Crippen LogP contribution in [0.3, 0.4) is 0 Å². The van der Waals surface area contributed by atoms with E-state index < -0.39 is 5.41 Å². The molecular weight excluding hydrogens is 340 g/mol. The molecule has 1 atom stereocenters. The standard InChI is InChI=1S/C18H12N2O4S/c21-17-18(15-10(20-17)1-2-11-16(15)25-8-19-11)7-24-12-6-14-13(5-9(12)18)22-3-4-23-14/h1-2,5-6,8H,3-4,7H2,(H,20,21). The minimum absolute atomic E-state index is 0.0705. The molecule has 0 saturated carbocycles. The van der Waals surface area contributed by atoms with Crippen LogP contribution in [-0.2, 0) is 10.2 Å². The van der Waals surface area contributed by atoms with Crippen LogP contribution < -0.4 is 19.5 Å². The molecule has 1 spiro atoms. The van der Waals surface area contributed by atoms with Crippen molar-refractivity contribution in [2.24, 2.45) is 0 Å². The van der Waals surface area contributed by atoms with Crippen LogP contribution in [0, 0.1) is 0 Å². The number of ether oxygens (including phenoxy) is 3. The predicted octanol–water partition coefficient (Wildman–Crippen LogP) is 2.70. The molecule has 0 aliphatic carbocycles. The van der Waals surface area contributed by atoms with Gasteiger partial charge in [0.2, 0.25) is 5.91 Å². The molecule has 124 valence electrons. The second-order valence-electron chi connectivity index (χ2n) is 6.33. The molecule has 0 fully saturated rings. The first-order valence-electron chi connectivity index (χ1n) is 8.02. The summed E-state index contributed by atoms with van der Waals surface area (Å²) in [4.78, 5) is 17.5. The number of thiazole rings is 1. The Morgan fingerprint density at radius 3 is 2.80 bits per heavy atom. The smallest absolute Gasteiger partial charge is 0.243 e. The molecule has 6 nitrogen and oxygen atoms in total. The summed E-state index contributed by atoms with van der Waals surface area (Å²) < 4.78 is 18.3. The number of carbonyl (C=O) groups excluding carboxylic acids is 1. The predicted molar refractivity (Wildman–Crippen MR) is 92.0 cm³/mol. The van der Waals surface area contributed by atoms with E-state index in [0.29, 0.717) is 30.5 Å². The van der Waals surface area contributed by atoms with Crippen molar-refractivity contribution in [3.05, 3.63) is 40.9 Å². The summed E-state index contributed by atoms with van der Waals surface area (Å²) in [5.74, 6) is 1.93. The molecule has 1 N–H and O–H groups in total. The molecular formula is C18H12N2O4S. The zero-order valence-corrected chi connectivity index (χ0v) is 13.8. The highest BCUT2D eigenvalue weighted by Gasteiger charge is 2.55. The van der Waals surface area contributed by atoms with Gasteiger partial charge in [-0.25, -0.2) is 4.98 Å². The number of nitrogens with zero attached hydrogens (tertiary/aromatic N) is 1. The van der Waals surface area contributed by atoms with E-state index in [1.54, 1.807) is 11.3 Å². The average Bonchev–Trinajstić information content (AvgIpc) is 3.31. The molecule has 0 radical (unpaired) electrons. The molecule has 1 aromatic heterocycles. The molecule has 6 rings (SSSR count). The van der Waals surface area contributed by atoms with Crippen molar-refractivity contribution in [3.8, 4) is 17.2 Å². The van der Waals surface area contributed by atoms with Gasteiger partial charge in [0.1, 0.15) is 31.0 Å². The minimum atomic E-state index is -0.869. The summed E-state index contributed by atoms with van der Waals surface area (Å²) in [7, 11) is 0. The summed E-state index contributed by atoms with van der Waals surface area (Å²) in [6.07, 6.45) is 0. The molecule has 7 heteroatoms. The number of fused-ring (bicyclic) bond motifs is 7. The Morgan fingerprint density at radius 2 is 1.92 bits per heavy atom. The van der Waals surface area contributed by atoms with Crippen LogP contribution in [-0.4, -0.2) is 30.7 Å². The lowest BCUT2D eigenvalue weighted by atomic mass is 9.77. The normalized spacial score (nSPS) is 22.6. The second-order valence-corrected chi connectivity index (χ2v) is 7.18. The first-order chi connectivity index (χ1) is 12.3. The quantitative estimate of drug-likeness (QED) is 0.674. The highest BCUT2D eigenvalue weighted by atomic mass is 32.1. The Hall–Kier alpha value is -2.80. The van der Waals surface area contributed by atoms with Gasteiger partial charge >= 0.3 is 0 Å². The first kappa shape index (κ1) is 13.5. The van der Waals surface area contributed by atoms with Crippen LogP contribution in [0.5, 0.6) is 17.2 Å². The van der Waals surface area contributed by atoms with E-state index >= 15 is 0 Å². The van der Waals surface area contributed by atoms with Crippen LogP contribution in [0.4, 0.5) is 5.69 Å². The number of hydrogen-bond acceptors (Lipinski definition) is 6. The molecule has 3 aromatic rings. The molecule has 3 aliphatic heterocycles. The maximum atomic E-state index is 13.1. The lowest BCUT2D eigenvalue weighted by Gasteiger charge is -2.23. The van der Waals surface area contributed by atoms with Gasteiger partial charge in [-0.3, -0.25) is 4.79 Å². The average molecular weight is 352 g/mol. The van der Waals surface area contributed by atoms with Gasteiger partial charge in [-0.2, -0.15) is 0 Å². The van der Waals surface area contributed by atoms with Gasteiger partial charge in [0.15, 0.2) is 11.5 Å². The van der Waals surface area contributed by atoms with E-state index in [9.17, 15) is 4.79 Å². The number of benzene rings is 2. The van der Waals surface area contributed by atoms with Crippen LogP contribution >= 0.6 is 11.3 Å². The van der Waals surface area contributed by atoms with Crippen LogP contribution in [0.1, 0.15) is 11.1 Å². The zero-order chi connectivity index (χ0) is 16.6. The van der Waals surface area contributed by atoms with Gasteiger partial charge in [0.05, 0.1) is 15.7 Å².